The molecule has 0 spiro atoms. The molecule has 7 nitrogen and oxygen atoms in total. The van der Waals surface area contributed by atoms with Crippen LogP contribution in [0.2, 0.25) is 0 Å². The van der Waals surface area contributed by atoms with Gasteiger partial charge in [0.2, 0.25) is 5.91 Å². The molecule has 1 aliphatic heterocycles. The first-order valence-corrected chi connectivity index (χ1v) is 10.1. The zero-order chi connectivity index (χ0) is 19.9. The molecule has 0 bridgehead atoms. The molecular formula is C20H26N4O3S. The summed E-state index contributed by atoms with van der Waals surface area (Å²) in [6, 6.07) is 5.98. The maximum Gasteiger partial charge on any atom is 0.246 e. The Kier molecular flexibility index (Phi) is 7.13. The number of carbonyl (C=O) groups is 1. The number of ether oxygens (including phenoxy) is 2. The van der Waals surface area contributed by atoms with Crippen molar-refractivity contribution in [2.45, 2.75) is 26.8 Å². The minimum Gasteiger partial charge on any atom is -0.496 e. The van der Waals surface area contributed by atoms with Gasteiger partial charge in [0.1, 0.15) is 10.8 Å². The smallest absolute Gasteiger partial charge is 0.246 e. The summed E-state index contributed by atoms with van der Waals surface area (Å²) < 4.78 is 10.9. The molecule has 2 heterocycles. The monoisotopic (exact) mass is 402 g/mol. The molecule has 2 aromatic rings. The topological polar surface area (TPSA) is 76.0 Å². The van der Waals surface area contributed by atoms with Crippen molar-refractivity contribution in [3.8, 4) is 5.75 Å². The zero-order valence-corrected chi connectivity index (χ0v) is 17.3. The molecule has 1 amide bonds. The van der Waals surface area contributed by atoms with E-state index in [4.69, 9.17) is 9.47 Å². The van der Waals surface area contributed by atoms with Crippen LogP contribution < -0.4 is 10.2 Å². The molecule has 150 valence electrons. The van der Waals surface area contributed by atoms with Gasteiger partial charge < -0.3 is 9.47 Å². The average Bonchev–Trinajstić information content (AvgIpc) is 3.11. The number of thiazole rings is 1. The number of nitrogens with zero attached hydrogens (tertiary/aromatic N) is 3. The fourth-order valence-electron chi connectivity index (χ4n) is 3.00. The minimum absolute atomic E-state index is 0.171. The van der Waals surface area contributed by atoms with Gasteiger partial charge in [-0.15, -0.1) is 11.3 Å². The summed E-state index contributed by atoms with van der Waals surface area (Å²) in [6.45, 7) is 7.93. The fourth-order valence-corrected chi connectivity index (χ4v) is 3.77. The second-order valence-corrected chi connectivity index (χ2v) is 7.65. The molecule has 1 N–H and O–H groups in total. The van der Waals surface area contributed by atoms with E-state index in [0.29, 0.717) is 0 Å². The number of benzene rings is 1. The van der Waals surface area contributed by atoms with Crippen LogP contribution in [-0.2, 0) is 22.5 Å². The van der Waals surface area contributed by atoms with Gasteiger partial charge in [-0.2, -0.15) is 5.10 Å². The molecule has 0 radical (unpaired) electrons. The second kappa shape index (κ2) is 9.77. The number of amides is 1. The van der Waals surface area contributed by atoms with Gasteiger partial charge in [-0.1, -0.05) is 0 Å². The number of carbonyl (C=O) groups excluding carboxylic acids is 1. The molecule has 8 heteroatoms. The summed E-state index contributed by atoms with van der Waals surface area (Å²) in [5.41, 5.74) is 6.35. The van der Waals surface area contributed by atoms with Crippen LogP contribution in [0.3, 0.4) is 0 Å². The number of aromatic nitrogens is 1. The van der Waals surface area contributed by atoms with Crippen LogP contribution in [0, 0.1) is 6.92 Å². The van der Waals surface area contributed by atoms with Crippen LogP contribution in [0.15, 0.2) is 28.7 Å². The molecule has 0 atom stereocenters. The van der Waals surface area contributed by atoms with E-state index in [-0.39, 0.29) is 12.3 Å². The standard InChI is InChI=1S/C20H26N4O3S/c1-14-13-28-20(21-14)11-19(25)23-22-15(2)16-4-5-18(26-3)17(10-16)12-24-6-8-27-9-7-24/h4-5,10,13H,6-9,11-12H2,1-3H3,(H,23,25)/b22-15-. The Morgan fingerprint density at radius 1 is 1.39 bits per heavy atom. The van der Waals surface area contributed by atoms with Gasteiger partial charge in [0.15, 0.2) is 0 Å². The van der Waals surface area contributed by atoms with Crippen LogP contribution in [0.1, 0.15) is 28.8 Å². The van der Waals surface area contributed by atoms with E-state index in [2.05, 4.69) is 26.5 Å². The number of aryl methyl sites for hydroxylation is 1. The molecule has 0 aliphatic carbocycles. The lowest BCUT2D eigenvalue weighted by atomic mass is 10.1. The number of methoxy groups -OCH3 is 1. The highest BCUT2D eigenvalue weighted by molar-refractivity contribution is 7.09. The summed E-state index contributed by atoms with van der Waals surface area (Å²) in [6.07, 6.45) is 0.236. The van der Waals surface area contributed by atoms with Crippen molar-refractivity contribution in [3.05, 3.63) is 45.4 Å². The third kappa shape index (κ3) is 5.60. The molecule has 0 saturated carbocycles. The number of morpholine rings is 1. The van der Waals surface area contributed by atoms with Gasteiger partial charge in [-0.3, -0.25) is 9.69 Å². The van der Waals surface area contributed by atoms with Crippen LogP contribution in [0.4, 0.5) is 0 Å². The van der Waals surface area contributed by atoms with Crippen molar-refractivity contribution < 1.29 is 14.3 Å². The summed E-state index contributed by atoms with van der Waals surface area (Å²) in [5, 5.41) is 6.99. The Bertz CT molecular complexity index is 844. The van der Waals surface area contributed by atoms with Gasteiger partial charge in [0, 0.05) is 36.3 Å². The van der Waals surface area contributed by atoms with E-state index in [1.165, 1.54) is 11.3 Å². The molecule has 1 fully saturated rings. The normalized spacial score (nSPS) is 15.5. The maximum absolute atomic E-state index is 12.1. The zero-order valence-electron chi connectivity index (χ0n) is 16.5. The Hall–Kier alpha value is -2.29. The molecule has 28 heavy (non-hydrogen) atoms. The van der Waals surface area contributed by atoms with Crippen LogP contribution in [0.5, 0.6) is 5.75 Å². The Balaban J connectivity index is 1.66. The largest absolute Gasteiger partial charge is 0.496 e. The van der Waals surface area contributed by atoms with E-state index >= 15 is 0 Å². The SMILES string of the molecule is COc1ccc(/C(C)=N\NC(=O)Cc2nc(C)cs2)cc1CN1CCOCC1. The number of hydrogen-bond acceptors (Lipinski definition) is 7. The quantitative estimate of drug-likeness (QED) is 0.568. The summed E-state index contributed by atoms with van der Waals surface area (Å²) in [7, 11) is 1.68. The number of hydrazone groups is 1. The highest BCUT2D eigenvalue weighted by atomic mass is 32.1. The van der Waals surface area contributed by atoms with Gasteiger partial charge in [-0.05, 0) is 37.6 Å². The van der Waals surface area contributed by atoms with Crippen molar-refractivity contribution >= 4 is 23.0 Å². The van der Waals surface area contributed by atoms with E-state index in [9.17, 15) is 4.79 Å². The first kappa shape index (κ1) is 20.4. The predicted molar refractivity (Wildman–Crippen MR) is 110 cm³/mol. The molecule has 1 aliphatic rings. The van der Waals surface area contributed by atoms with E-state index < -0.39 is 0 Å². The van der Waals surface area contributed by atoms with Crippen molar-refractivity contribution in [3.63, 3.8) is 0 Å². The van der Waals surface area contributed by atoms with E-state index in [1.807, 2.05) is 31.4 Å². The molecule has 1 saturated heterocycles. The average molecular weight is 403 g/mol. The predicted octanol–water partition coefficient (Wildman–Crippen LogP) is 2.38. The molecule has 1 aromatic heterocycles. The third-order valence-corrected chi connectivity index (χ3v) is 5.49. The van der Waals surface area contributed by atoms with Gasteiger partial charge >= 0.3 is 0 Å². The highest BCUT2D eigenvalue weighted by Gasteiger charge is 2.14. The Morgan fingerprint density at radius 2 is 2.18 bits per heavy atom. The lowest BCUT2D eigenvalue weighted by Crippen LogP contribution is -2.35. The molecule has 1 aromatic carbocycles. The van der Waals surface area contributed by atoms with Gasteiger partial charge in [-0.25, -0.2) is 10.4 Å². The van der Waals surface area contributed by atoms with Crippen LogP contribution in [-0.4, -0.2) is 54.9 Å². The summed E-state index contributed by atoms with van der Waals surface area (Å²) >= 11 is 1.48. The number of rotatable bonds is 7. The van der Waals surface area contributed by atoms with Gasteiger partial charge in [0.25, 0.3) is 0 Å². The summed E-state index contributed by atoms with van der Waals surface area (Å²) in [4.78, 5) is 18.7. The number of nitrogens with one attached hydrogen (secondary N) is 1. The second-order valence-electron chi connectivity index (χ2n) is 6.71. The van der Waals surface area contributed by atoms with E-state index in [1.54, 1.807) is 7.11 Å². The van der Waals surface area contributed by atoms with Crippen molar-refractivity contribution in [1.29, 1.82) is 0 Å². The van der Waals surface area contributed by atoms with Crippen molar-refractivity contribution in [2.75, 3.05) is 33.4 Å². The van der Waals surface area contributed by atoms with Gasteiger partial charge in [0.05, 0.1) is 32.5 Å². The summed E-state index contributed by atoms with van der Waals surface area (Å²) in [5.74, 6) is 0.682. The Morgan fingerprint density at radius 3 is 2.86 bits per heavy atom. The maximum atomic E-state index is 12.1. The Labute approximate surface area is 169 Å². The molecule has 0 unspecified atom stereocenters. The van der Waals surface area contributed by atoms with Crippen LogP contribution in [0.25, 0.3) is 0 Å². The lowest BCUT2D eigenvalue weighted by molar-refractivity contribution is -0.120. The fraction of sp³-hybridized carbons (Fsp3) is 0.450. The first-order chi connectivity index (χ1) is 13.5. The number of hydrogen-bond donors (Lipinski definition) is 1. The lowest BCUT2D eigenvalue weighted by Gasteiger charge is -2.27. The molecule has 3 rings (SSSR count). The van der Waals surface area contributed by atoms with Crippen LogP contribution >= 0.6 is 11.3 Å². The highest BCUT2D eigenvalue weighted by Crippen LogP contribution is 2.22. The van der Waals surface area contributed by atoms with Crippen molar-refractivity contribution in [1.82, 2.24) is 15.3 Å². The van der Waals surface area contributed by atoms with Crippen molar-refractivity contribution in [2.24, 2.45) is 5.10 Å². The first-order valence-electron chi connectivity index (χ1n) is 9.26. The third-order valence-electron chi connectivity index (χ3n) is 4.52. The molecular weight excluding hydrogens is 376 g/mol. The van der Waals surface area contributed by atoms with E-state index in [0.717, 1.165) is 66.1 Å². The minimum atomic E-state index is -0.171.